The smallest absolute Gasteiger partial charge is 0.0449 e. The van der Waals surface area contributed by atoms with Crippen molar-refractivity contribution in [1.82, 2.24) is 10.2 Å². The summed E-state index contributed by atoms with van der Waals surface area (Å²) in [5.41, 5.74) is 1.45. The lowest BCUT2D eigenvalue weighted by Crippen LogP contribution is -2.37. The van der Waals surface area contributed by atoms with Gasteiger partial charge in [-0.1, -0.05) is 43.2 Å². The minimum absolute atomic E-state index is 0.522. The molecule has 1 saturated carbocycles. The third kappa shape index (κ3) is 2.76. The van der Waals surface area contributed by atoms with Crippen LogP contribution in [0.25, 0.3) is 0 Å². The summed E-state index contributed by atoms with van der Waals surface area (Å²) in [7, 11) is 0. The highest BCUT2D eigenvalue weighted by molar-refractivity contribution is 5.19. The molecule has 0 spiro atoms. The summed E-state index contributed by atoms with van der Waals surface area (Å²) in [6.07, 6.45) is 7.00. The molecule has 1 unspecified atom stereocenters. The summed E-state index contributed by atoms with van der Waals surface area (Å²) in [4.78, 5) is 2.74. The molecule has 0 amide bonds. The highest BCUT2D eigenvalue weighted by Gasteiger charge is 2.26. The van der Waals surface area contributed by atoms with Crippen LogP contribution in [0.3, 0.4) is 0 Å². The zero-order valence-corrected chi connectivity index (χ0v) is 11.1. The normalized spacial score (nSPS) is 27.2. The van der Waals surface area contributed by atoms with Gasteiger partial charge in [-0.2, -0.15) is 0 Å². The molecule has 1 aromatic rings. The minimum Gasteiger partial charge on any atom is -0.309 e. The van der Waals surface area contributed by atoms with Gasteiger partial charge in [0.1, 0.15) is 0 Å². The van der Waals surface area contributed by atoms with Crippen molar-refractivity contribution in [3.63, 3.8) is 0 Å². The van der Waals surface area contributed by atoms with Crippen LogP contribution >= 0.6 is 0 Å². The lowest BCUT2D eigenvalue weighted by Gasteiger charge is -2.30. The maximum Gasteiger partial charge on any atom is 0.0449 e. The van der Waals surface area contributed by atoms with Crippen molar-refractivity contribution in [1.29, 1.82) is 0 Å². The largest absolute Gasteiger partial charge is 0.309 e. The van der Waals surface area contributed by atoms with E-state index < -0.39 is 0 Å². The summed E-state index contributed by atoms with van der Waals surface area (Å²) >= 11 is 0. The van der Waals surface area contributed by atoms with Gasteiger partial charge >= 0.3 is 0 Å². The Kier molecular flexibility index (Phi) is 3.96. The second-order valence-electron chi connectivity index (χ2n) is 5.70. The summed E-state index contributed by atoms with van der Waals surface area (Å²) in [6, 6.07) is 12.3. The molecule has 0 bridgehead atoms. The predicted molar refractivity (Wildman–Crippen MR) is 75.6 cm³/mol. The summed E-state index contributed by atoms with van der Waals surface area (Å²) in [5, 5.41) is 3.71. The van der Waals surface area contributed by atoms with Crippen molar-refractivity contribution in [2.75, 3.05) is 19.6 Å². The van der Waals surface area contributed by atoms with Crippen LogP contribution in [-0.2, 0) is 0 Å². The van der Waals surface area contributed by atoms with Crippen molar-refractivity contribution < 1.29 is 0 Å². The first-order valence-electron chi connectivity index (χ1n) is 7.46. The van der Waals surface area contributed by atoms with Crippen LogP contribution in [0.15, 0.2) is 30.3 Å². The average molecular weight is 244 g/mol. The maximum absolute atomic E-state index is 3.71. The summed E-state index contributed by atoms with van der Waals surface area (Å²) < 4.78 is 0. The molecular formula is C16H24N2. The molecule has 3 rings (SSSR count). The third-order valence-corrected chi connectivity index (χ3v) is 4.47. The Morgan fingerprint density at radius 2 is 1.78 bits per heavy atom. The van der Waals surface area contributed by atoms with Gasteiger partial charge in [0.25, 0.3) is 0 Å². The Balaban J connectivity index is 1.71. The van der Waals surface area contributed by atoms with Gasteiger partial charge in [-0.05, 0) is 37.9 Å². The second-order valence-corrected chi connectivity index (χ2v) is 5.70. The summed E-state index contributed by atoms with van der Waals surface area (Å²) in [6.45, 7) is 3.62. The van der Waals surface area contributed by atoms with Crippen molar-refractivity contribution in [3.8, 4) is 0 Å². The van der Waals surface area contributed by atoms with Crippen molar-refractivity contribution >= 4 is 0 Å². The van der Waals surface area contributed by atoms with Gasteiger partial charge in [0.2, 0.25) is 0 Å². The molecule has 98 valence electrons. The highest BCUT2D eigenvalue weighted by Crippen LogP contribution is 2.27. The molecule has 1 N–H and O–H groups in total. The van der Waals surface area contributed by atoms with Gasteiger partial charge in [0.05, 0.1) is 0 Å². The van der Waals surface area contributed by atoms with Gasteiger partial charge < -0.3 is 5.32 Å². The van der Waals surface area contributed by atoms with E-state index >= 15 is 0 Å². The first kappa shape index (κ1) is 12.2. The van der Waals surface area contributed by atoms with Gasteiger partial charge in [0, 0.05) is 18.6 Å². The van der Waals surface area contributed by atoms with Crippen LogP contribution in [0, 0.1) is 0 Å². The number of hydrogen-bond acceptors (Lipinski definition) is 2. The first-order valence-corrected chi connectivity index (χ1v) is 7.46. The molecule has 1 saturated heterocycles. The fraction of sp³-hybridized carbons (Fsp3) is 0.625. The van der Waals surface area contributed by atoms with Crippen molar-refractivity contribution in [2.45, 2.75) is 44.2 Å². The van der Waals surface area contributed by atoms with Gasteiger partial charge in [-0.15, -0.1) is 0 Å². The van der Waals surface area contributed by atoms with E-state index in [4.69, 9.17) is 0 Å². The minimum atomic E-state index is 0.522. The predicted octanol–water partition coefficient (Wildman–Crippen LogP) is 2.97. The molecule has 18 heavy (non-hydrogen) atoms. The van der Waals surface area contributed by atoms with Crippen LogP contribution in [-0.4, -0.2) is 30.6 Å². The molecule has 1 aromatic carbocycles. The quantitative estimate of drug-likeness (QED) is 0.860. The molecule has 0 radical (unpaired) electrons. The maximum atomic E-state index is 3.71. The molecule has 1 aliphatic heterocycles. The standard InChI is InChI=1S/C16H24N2/c1-2-7-14(8-3-1)16-13-18(12-6-11-17-16)15-9-4-5-10-15/h1-3,7-8,15-17H,4-6,9-13H2. The zero-order valence-electron chi connectivity index (χ0n) is 11.1. The van der Waals surface area contributed by atoms with E-state index in [0.717, 1.165) is 12.6 Å². The highest BCUT2D eigenvalue weighted by atomic mass is 15.2. The van der Waals surface area contributed by atoms with Crippen molar-refractivity contribution in [2.24, 2.45) is 0 Å². The lowest BCUT2D eigenvalue weighted by molar-refractivity contribution is 0.195. The molecule has 2 nitrogen and oxygen atoms in total. The average Bonchev–Trinajstić information content (AvgIpc) is 2.85. The number of nitrogens with one attached hydrogen (secondary N) is 1. The Labute approximate surface area is 110 Å². The zero-order chi connectivity index (χ0) is 12.2. The molecular weight excluding hydrogens is 220 g/mol. The third-order valence-electron chi connectivity index (χ3n) is 4.47. The Morgan fingerprint density at radius 1 is 1.00 bits per heavy atom. The topological polar surface area (TPSA) is 15.3 Å². The van der Waals surface area contributed by atoms with E-state index in [-0.39, 0.29) is 0 Å². The molecule has 1 heterocycles. The van der Waals surface area contributed by atoms with Gasteiger partial charge in [-0.25, -0.2) is 0 Å². The Hall–Kier alpha value is -0.860. The van der Waals surface area contributed by atoms with Crippen LogP contribution < -0.4 is 5.32 Å². The van der Waals surface area contributed by atoms with Crippen LogP contribution in [0.5, 0.6) is 0 Å². The summed E-state index contributed by atoms with van der Waals surface area (Å²) in [5.74, 6) is 0. The van der Waals surface area contributed by atoms with Gasteiger partial charge in [-0.3, -0.25) is 4.90 Å². The van der Waals surface area contributed by atoms with E-state index in [0.29, 0.717) is 6.04 Å². The monoisotopic (exact) mass is 244 g/mol. The van der Waals surface area contributed by atoms with E-state index in [9.17, 15) is 0 Å². The van der Waals surface area contributed by atoms with E-state index in [1.165, 1.54) is 50.8 Å². The van der Waals surface area contributed by atoms with Crippen LogP contribution in [0.4, 0.5) is 0 Å². The fourth-order valence-electron chi connectivity index (χ4n) is 3.46. The molecule has 2 aliphatic rings. The number of hydrogen-bond donors (Lipinski definition) is 1. The number of benzene rings is 1. The molecule has 0 aromatic heterocycles. The van der Waals surface area contributed by atoms with E-state index in [1.54, 1.807) is 0 Å². The number of rotatable bonds is 2. The van der Waals surface area contributed by atoms with Crippen molar-refractivity contribution in [3.05, 3.63) is 35.9 Å². The molecule has 2 heteroatoms. The Bertz CT molecular complexity index is 357. The first-order chi connectivity index (χ1) is 8.93. The molecule has 1 atom stereocenters. The van der Waals surface area contributed by atoms with Crippen LogP contribution in [0.1, 0.15) is 43.7 Å². The van der Waals surface area contributed by atoms with E-state index in [2.05, 4.69) is 40.5 Å². The Morgan fingerprint density at radius 3 is 2.56 bits per heavy atom. The van der Waals surface area contributed by atoms with E-state index in [1.807, 2.05) is 0 Å². The lowest BCUT2D eigenvalue weighted by atomic mass is 10.1. The van der Waals surface area contributed by atoms with Gasteiger partial charge in [0.15, 0.2) is 0 Å². The molecule has 2 fully saturated rings. The molecule has 1 aliphatic carbocycles. The number of nitrogens with zero attached hydrogens (tertiary/aromatic N) is 1. The fourth-order valence-corrected chi connectivity index (χ4v) is 3.46. The second kappa shape index (κ2) is 5.85. The van der Waals surface area contributed by atoms with Crippen LogP contribution in [0.2, 0.25) is 0 Å². The SMILES string of the molecule is c1ccc(C2CN(C3CCCC3)CCCN2)cc1.